The maximum Gasteiger partial charge on any atom is 0.408 e. The van der Waals surface area contributed by atoms with E-state index in [9.17, 15) is 19.2 Å². The minimum Gasteiger partial charge on any atom is -0.458 e. The fourth-order valence-electron chi connectivity index (χ4n) is 4.08. The third-order valence-electron chi connectivity index (χ3n) is 5.91. The molecule has 0 fully saturated rings. The molecule has 42 heavy (non-hydrogen) atoms. The van der Waals surface area contributed by atoms with E-state index in [0.29, 0.717) is 5.56 Å². The van der Waals surface area contributed by atoms with Gasteiger partial charge in [0.15, 0.2) is 0 Å². The predicted molar refractivity (Wildman–Crippen MR) is 167 cm³/mol. The number of nitrogens with zero attached hydrogens (tertiary/aromatic N) is 1. The van der Waals surface area contributed by atoms with E-state index < -0.39 is 53.2 Å². The predicted octanol–water partition coefficient (Wildman–Crippen LogP) is 4.72. The Morgan fingerprint density at radius 2 is 1.52 bits per heavy atom. The Bertz CT molecular complexity index is 1250. The molecule has 2 N–H and O–H groups in total. The zero-order valence-corrected chi connectivity index (χ0v) is 26.4. The second kappa shape index (κ2) is 14.9. The van der Waals surface area contributed by atoms with Crippen LogP contribution in [0.3, 0.4) is 0 Å². The molecule has 0 spiro atoms. The van der Waals surface area contributed by atoms with E-state index in [4.69, 9.17) is 9.47 Å². The van der Waals surface area contributed by atoms with Crippen molar-refractivity contribution < 1.29 is 28.7 Å². The summed E-state index contributed by atoms with van der Waals surface area (Å²) >= 11 is 4.26. The lowest BCUT2D eigenvalue weighted by atomic mass is 9.99. The summed E-state index contributed by atoms with van der Waals surface area (Å²) < 4.78 is 10.9. The molecule has 0 aliphatic carbocycles. The Balaban J connectivity index is 2.45. The van der Waals surface area contributed by atoms with Crippen LogP contribution in [0, 0.1) is 0 Å². The molecule has 228 valence electrons. The van der Waals surface area contributed by atoms with Crippen molar-refractivity contribution in [3.63, 3.8) is 0 Å². The monoisotopic (exact) mass is 597 g/mol. The molecule has 0 radical (unpaired) electrons. The van der Waals surface area contributed by atoms with Gasteiger partial charge in [0.1, 0.15) is 29.3 Å². The number of likely N-dealkylation sites (N-methyl/N-ethyl adjacent to an activating group) is 1. The topological polar surface area (TPSA) is 114 Å². The number of rotatable bonds is 11. The maximum absolute atomic E-state index is 14.0. The van der Waals surface area contributed by atoms with E-state index in [-0.39, 0.29) is 12.2 Å². The molecule has 0 saturated heterocycles. The summed E-state index contributed by atoms with van der Waals surface area (Å²) in [5.74, 6) is -1.82. The Kier molecular flexibility index (Phi) is 12.2. The van der Waals surface area contributed by atoms with Gasteiger partial charge in [-0.1, -0.05) is 61.2 Å². The van der Waals surface area contributed by atoms with Crippen molar-refractivity contribution in [1.82, 2.24) is 15.5 Å². The lowest BCUT2D eigenvalue weighted by Gasteiger charge is -2.32. The van der Waals surface area contributed by atoms with Crippen LogP contribution in [0.2, 0.25) is 0 Å². The van der Waals surface area contributed by atoms with E-state index >= 15 is 0 Å². The lowest BCUT2D eigenvalue weighted by molar-refractivity contribution is -0.159. The van der Waals surface area contributed by atoms with Gasteiger partial charge in [-0.2, -0.15) is 12.6 Å². The Labute approximate surface area is 254 Å². The molecule has 3 atom stereocenters. The first-order valence-electron chi connectivity index (χ1n) is 13.7. The smallest absolute Gasteiger partial charge is 0.408 e. The molecule has 0 aliphatic rings. The summed E-state index contributed by atoms with van der Waals surface area (Å²) in [5, 5.41) is 5.36. The second-order valence-electron chi connectivity index (χ2n) is 11.9. The van der Waals surface area contributed by atoms with Crippen molar-refractivity contribution in [2.45, 2.75) is 77.3 Å². The molecule has 0 heterocycles. The molecule has 3 amide bonds. The van der Waals surface area contributed by atoms with E-state index in [2.05, 4.69) is 29.8 Å². The normalized spacial score (nSPS) is 13.6. The van der Waals surface area contributed by atoms with Crippen molar-refractivity contribution in [1.29, 1.82) is 0 Å². The molecule has 0 bridgehead atoms. The summed E-state index contributed by atoms with van der Waals surface area (Å²) in [5.41, 5.74) is 0.479. The minimum absolute atomic E-state index is 0.0437. The van der Waals surface area contributed by atoms with Crippen LogP contribution >= 0.6 is 12.6 Å². The molecule has 0 aromatic heterocycles. The van der Waals surface area contributed by atoms with Gasteiger partial charge in [-0.05, 0) is 64.3 Å². The average molecular weight is 598 g/mol. The van der Waals surface area contributed by atoms with Crippen molar-refractivity contribution >= 4 is 42.6 Å². The second-order valence-corrected chi connectivity index (χ2v) is 12.3. The van der Waals surface area contributed by atoms with Crippen LogP contribution in [-0.4, -0.2) is 64.9 Å². The number of benzene rings is 2. The molecule has 0 aliphatic heterocycles. The van der Waals surface area contributed by atoms with Crippen molar-refractivity contribution in [2.75, 3.05) is 12.8 Å². The van der Waals surface area contributed by atoms with Gasteiger partial charge < -0.3 is 25.0 Å². The summed E-state index contributed by atoms with van der Waals surface area (Å²) in [6.45, 7) is 14.2. The van der Waals surface area contributed by atoms with Gasteiger partial charge in [-0.25, -0.2) is 9.59 Å². The zero-order chi connectivity index (χ0) is 31.7. The first-order chi connectivity index (χ1) is 19.5. The molecular formula is C32H43N3O6S. The molecule has 2 aromatic rings. The Morgan fingerprint density at radius 3 is 2.07 bits per heavy atom. The first-order valence-corrected chi connectivity index (χ1v) is 14.3. The van der Waals surface area contributed by atoms with Crippen molar-refractivity contribution in [3.05, 3.63) is 77.9 Å². The van der Waals surface area contributed by atoms with Crippen molar-refractivity contribution in [3.8, 4) is 0 Å². The van der Waals surface area contributed by atoms with Gasteiger partial charge in [-0.15, -0.1) is 0 Å². The fourth-order valence-corrected chi connectivity index (χ4v) is 4.33. The largest absolute Gasteiger partial charge is 0.458 e. The SMILES string of the molecule is C=Cc1cccc(C(C(=O)NC(Cc2ccccc2)C(=O)OC(C)(C)C)N(C)C(=O)C(CS)NC(=O)OC(C)(C)C)c1. The average Bonchev–Trinajstić information content (AvgIpc) is 2.89. The molecule has 10 heteroatoms. The standard InChI is InChI=1S/C32H43N3O6S/c1-9-21-16-13-17-23(18-21)26(35(8)28(37)25(20-42)34-30(39)41-32(5,6)7)27(36)33-24(29(38)40-31(2,3)4)19-22-14-11-10-12-15-22/h9-18,24-26,42H,1,19-20H2,2-8H3,(H,33,36)(H,34,39). The van der Waals surface area contributed by atoms with Crippen LogP contribution in [0.15, 0.2) is 61.2 Å². The van der Waals surface area contributed by atoms with Crippen LogP contribution in [0.1, 0.15) is 64.3 Å². The van der Waals surface area contributed by atoms with Gasteiger partial charge in [0, 0.05) is 19.2 Å². The van der Waals surface area contributed by atoms with Gasteiger partial charge in [0.2, 0.25) is 11.8 Å². The van der Waals surface area contributed by atoms with Crippen LogP contribution in [-0.2, 0) is 30.3 Å². The molecule has 2 rings (SSSR count). The highest BCUT2D eigenvalue weighted by atomic mass is 32.1. The number of esters is 1. The quantitative estimate of drug-likeness (QED) is 0.255. The number of carbonyl (C=O) groups is 4. The molecule has 3 unspecified atom stereocenters. The van der Waals surface area contributed by atoms with Gasteiger partial charge in [0.05, 0.1) is 0 Å². The highest BCUT2D eigenvalue weighted by Crippen LogP contribution is 2.24. The summed E-state index contributed by atoms with van der Waals surface area (Å²) in [7, 11) is 1.46. The van der Waals surface area contributed by atoms with Crippen LogP contribution in [0.25, 0.3) is 6.08 Å². The maximum atomic E-state index is 14.0. The number of hydrogen-bond acceptors (Lipinski definition) is 7. The van der Waals surface area contributed by atoms with Gasteiger partial charge in [-0.3, -0.25) is 9.59 Å². The molecule has 0 saturated carbocycles. The molecular weight excluding hydrogens is 554 g/mol. The van der Waals surface area contributed by atoms with Crippen LogP contribution < -0.4 is 10.6 Å². The third-order valence-corrected chi connectivity index (χ3v) is 6.27. The number of amides is 3. The molecule has 2 aromatic carbocycles. The highest BCUT2D eigenvalue weighted by Gasteiger charge is 2.36. The first kappa shape index (κ1) is 34.4. The van der Waals surface area contributed by atoms with Gasteiger partial charge >= 0.3 is 12.1 Å². The Hall–Kier alpha value is -3.79. The third kappa shape index (κ3) is 10.9. The summed E-state index contributed by atoms with van der Waals surface area (Å²) in [4.78, 5) is 54.6. The zero-order valence-electron chi connectivity index (χ0n) is 25.5. The minimum atomic E-state index is -1.17. The van der Waals surface area contributed by atoms with Crippen LogP contribution in [0.4, 0.5) is 4.79 Å². The fraction of sp³-hybridized carbons (Fsp3) is 0.438. The van der Waals surface area contributed by atoms with E-state index in [1.807, 2.05) is 36.4 Å². The molecule has 9 nitrogen and oxygen atoms in total. The number of ether oxygens (including phenoxy) is 2. The summed E-state index contributed by atoms with van der Waals surface area (Å²) in [6, 6.07) is 13.0. The summed E-state index contributed by atoms with van der Waals surface area (Å²) in [6.07, 6.45) is 1.02. The number of alkyl carbamates (subject to hydrolysis) is 1. The van der Waals surface area contributed by atoms with Crippen LogP contribution in [0.5, 0.6) is 0 Å². The number of thiol groups is 1. The highest BCUT2D eigenvalue weighted by molar-refractivity contribution is 7.80. The number of nitrogens with one attached hydrogen (secondary N) is 2. The number of hydrogen-bond donors (Lipinski definition) is 3. The van der Waals surface area contributed by atoms with E-state index in [0.717, 1.165) is 11.1 Å². The van der Waals surface area contributed by atoms with E-state index in [1.54, 1.807) is 65.8 Å². The Morgan fingerprint density at radius 1 is 0.905 bits per heavy atom. The lowest BCUT2D eigenvalue weighted by Crippen LogP contribution is -2.54. The van der Waals surface area contributed by atoms with Crippen molar-refractivity contribution in [2.24, 2.45) is 0 Å². The van der Waals surface area contributed by atoms with Gasteiger partial charge in [0.25, 0.3) is 0 Å². The van der Waals surface area contributed by atoms with E-state index in [1.165, 1.54) is 11.9 Å². The number of carbonyl (C=O) groups excluding carboxylic acids is 4.